The molecule has 0 bridgehead atoms. The molecule has 0 saturated heterocycles. The average molecular weight is 475 g/mol. The lowest BCUT2D eigenvalue weighted by Crippen LogP contribution is -2.34. The van der Waals surface area contributed by atoms with E-state index in [1.54, 1.807) is 13.2 Å². The Morgan fingerprint density at radius 2 is 2.12 bits per heavy atom. The zero-order valence-electron chi connectivity index (χ0n) is 18.6. The summed E-state index contributed by atoms with van der Waals surface area (Å²) in [6.07, 6.45) is 3.72. The van der Waals surface area contributed by atoms with Crippen LogP contribution in [0.1, 0.15) is 40.9 Å². The molecule has 2 aromatic heterocycles. The van der Waals surface area contributed by atoms with Crippen molar-refractivity contribution in [1.82, 2.24) is 15.3 Å². The van der Waals surface area contributed by atoms with Gasteiger partial charge in [-0.1, -0.05) is 6.42 Å². The Bertz CT molecular complexity index is 1140. The molecule has 3 aromatic rings. The number of aromatic nitrogens is 2. The molecule has 4 rings (SSSR count). The van der Waals surface area contributed by atoms with Crippen molar-refractivity contribution in [3.05, 3.63) is 40.8 Å². The molecule has 1 fully saturated rings. The third-order valence-electron chi connectivity index (χ3n) is 5.67. The van der Waals surface area contributed by atoms with Gasteiger partial charge in [0.2, 0.25) is 0 Å². The number of aryl methyl sites for hydroxylation is 1. The van der Waals surface area contributed by atoms with Crippen molar-refractivity contribution in [3.8, 4) is 5.75 Å². The number of aliphatic hydroxyl groups excluding tert-OH is 1. The molecule has 2 atom stereocenters. The molecule has 3 N–H and O–H groups in total. The summed E-state index contributed by atoms with van der Waals surface area (Å²) < 4.78 is 25.0. The fourth-order valence-corrected chi connectivity index (χ4v) is 5.00. The summed E-state index contributed by atoms with van der Waals surface area (Å²) in [5.41, 5.74) is 1.27. The standard InChI is InChI=1S/C23H27FN4O4S/c1-13-19-21(26-12-27-23(19)33-20(13)22(30)25-9-10-31-2)28-15-8-7-14(24)11-18(15)32-17-6-4-3-5-16(17)29/h7-8,11-12,16-17,29H,3-6,9-10H2,1-2H3,(H,25,30)(H,26,27,28). The molecule has 1 saturated carbocycles. The van der Waals surface area contributed by atoms with Gasteiger partial charge in [0.15, 0.2) is 0 Å². The third-order valence-corrected chi connectivity index (χ3v) is 6.87. The number of ether oxygens (including phenoxy) is 2. The first-order valence-corrected chi connectivity index (χ1v) is 11.7. The summed E-state index contributed by atoms with van der Waals surface area (Å²) in [6.45, 7) is 2.67. The van der Waals surface area contributed by atoms with E-state index in [1.165, 1.54) is 29.8 Å². The molecule has 1 aliphatic rings. The summed E-state index contributed by atoms with van der Waals surface area (Å²) >= 11 is 1.28. The normalized spacial score (nSPS) is 18.3. The van der Waals surface area contributed by atoms with Gasteiger partial charge in [-0.25, -0.2) is 14.4 Å². The van der Waals surface area contributed by atoms with Crippen LogP contribution in [-0.4, -0.2) is 53.5 Å². The van der Waals surface area contributed by atoms with Crippen molar-refractivity contribution in [2.75, 3.05) is 25.6 Å². The molecule has 33 heavy (non-hydrogen) atoms. The minimum Gasteiger partial charge on any atom is -0.485 e. The second kappa shape index (κ2) is 10.4. The average Bonchev–Trinajstić information content (AvgIpc) is 3.15. The summed E-state index contributed by atoms with van der Waals surface area (Å²) in [5, 5.41) is 17.1. The lowest BCUT2D eigenvalue weighted by molar-refractivity contribution is 0.00712. The lowest BCUT2D eigenvalue weighted by atomic mass is 9.95. The molecular weight excluding hydrogens is 447 g/mol. The van der Waals surface area contributed by atoms with Gasteiger partial charge in [-0.05, 0) is 43.9 Å². The van der Waals surface area contributed by atoms with Crippen LogP contribution in [0.5, 0.6) is 5.75 Å². The quantitative estimate of drug-likeness (QED) is 0.425. The smallest absolute Gasteiger partial charge is 0.261 e. The number of nitrogens with zero attached hydrogens (tertiary/aromatic N) is 2. The molecule has 8 nitrogen and oxygen atoms in total. The Balaban J connectivity index is 1.63. The maximum absolute atomic E-state index is 14.0. The van der Waals surface area contributed by atoms with Gasteiger partial charge in [0.05, 0.1) is 28.7 Å². The highest BCUT2D eigenvalue weighted by Crippen LogP contribution is 2.37. The van der Waals surface area contributed by atoms with Crippen LogP contribution in [-0.2, 0) is 4.74 Å². The first-order valence-electron chi connectivity index (χ1n) is 10.9. The minimum atomic E-state index is -0.584. The summed E-state index contributed by atoms with van der Waals surface area (Å²) in [4.78, 5) is 22.5. The topological polar surface area (TPSA) is 106 Å². The van der Waals surface area contributed by atoms with Crippen molar-refractivity contribution in [3.63, 3.8) is 0 Å². The first-order chi connectivity index (χ1) is 16.0. The van der Waals surface area contributed by atoms with Crippen LogP contribution in [0.25, 0.3) is 10.2 Å². The number of rotatable bonds is 8. The fraction of sp³-hybridized carbons (Fsp3) is 0.435. The van der Waals surface area contributed by atoms with Crippen molar-refractivity contribution >= 4 is 39.0 Å². The Kier molecular flexibility index (Phi) is 7.36. The number of nitrogens with one attached hydrogen (secondary N) is 2. The highest BCUT2D eigenvalue weighted by Gasteiger charge is 2.26. The number of anilines is 2. The van der Waals surface area contributed by atoms with Crippen molar-refractivity contribution in [1.29, 1.82) is 0 Å². The number of benzene rings is 1. The van der Waals surface area contributed by atoms with Crippen LogP contribution >= 0.6 is 11.3 Å². The number of hydrogen-bond donors (Lipinski definition) is 3. The molecule has 0 aliphatic heterocycles. The van der Waals surface area contributed by atoms with Gasteiger partial charge in [-0.2, -0.15) is 0 Å². The van der Waals surface area contributed by atoms with E-state index < -0.39 is 18.0 Å². The predicted octanol–water partition coefficient (Wildman–Crippen LogP) is 3.94. The number of amides is 1. The number of fused-ring (bicyclic) bond motifs is 1. The number of carbonyl (C=O) groups excluding carboxylic acids is 1. The predicted molar refractivity (Wildman–Crippen MR) is 125 cm³/mol. The number of methoxy groups -OCH3 is 1. The molecule has 1 amide bonds. The van der Waals surface area contributed by atoms with E-state index in [0.29, 0.717) is 58.3 Å². The molecule has 2 heterocycles. The number of hydrogen-bond acceptors (Lipinski definition) is 8. The molecular formula is C23H27FN4O4S. The molecule has 0 radical (unpaired) electrons. The zero-order valence-corrected chi connectivity index (χ0v) is 19.4. The van der Waals surface area contributed by atoms with Gasteiger partial charge < -0.3 is 25.2 Å². The van der Waals surface area contributed by atoms with Crippen molar-refractivity contribution in [2.45, 2.75) is 44.8 Å². The number of thiophene rings is 1. The highest BCUT2D eigenvalue weighted by atomic mass is 32.1. The van der Waals surface area contributed by atoms with Crippen LogP contribution < -0.4 is 15.4 Å². The van der Waals surface area contributed by atoms with Crippen molar-refractivity contribution < 1.29 is 23.8 Å². The van der Waals surface area contributed by atoms with E-state index in [1.807, 2.05) is 6.92 Å². The van der Waals surface area contributed by atoms with Gasteiger partial charge in [-0.3, -0.25) is 4.79 Å². The van der Waals surface area contributed by atoms with E-state index in [2.05, 4.69) is 20.6 Å². The van der Waals surface area contributed by atoms with Gasteiger partial charge in [0.25, 0.3) is 5.91 Å². The third kappa shape index (κ3) is 5.23. The molecule has 1 aromatic carbocycles. The highest BCUT2D eigenvalue weighted by molar-refractivity contribution is 7.20. The molecule has 10 heteroatoms. The molecule has 176 valence electrons. The summed E-state index contributed by atoms with van der Waals surface area (Å²) in [7, 11) is 1.58. The van der Waals surface area contributed by atoms with E-state index in [9.17, 15) is 14.3 Å². The van der Waals surface area contributed by atoms with E-state index in [4.69, 9.17) is 9.47 Å². The second-order valence-electron chi connectivity index (χ2n) is 7.98. The maximum Gasteiger partial charge on any atom is 0.261 e. The number of carbonyl (C=O) groups is 1. The van der Waals surface area contributed by atoms with Crippen LogP contribution in [0.15, 0.2) is 24.5 Å². The second-order valence-corrected chi connectivity index (χ2v) is 8.98. The van der Waals surface area contributed by atoms with Crippen LogP contribution in [0.4, 0.5) is 15.9 Å². The van der Waals surface area contributed by atoms with Crippen molar-refractivity contribution in [2.24, 2.45) is 0 Å². The SMILES string of the molecule is COCCNC(=O)c1sc2ncnc(Nc3ccc(F)cc3OC3CCCCC3O)c2c1C. The molecule has 0 spiro atoms. The maximum atomic E-state index is 14.0. The Morgan fingerprint density at radius 3 is 2.91 bits per heavy atom. The lowest BCUT2D eigenvalue weighted by Gasteiger charge is -2.29. The minimum absolute atomic E-state index is 0.199. The van der Waals surface area contributed by atoms with Crippen LogP contribution in [0.3, 0.4) is 0 Å². The van der Waals surface area contributed by atoms with Crippen LogP contribution in [0, 0.1) is 12.7 Å². The Morgan fingerprint density at radius 1 is 1.30 bits per heavy atom. The van der Waals surface area contributed by atoms with Gasteiger partial charge in [-0.15, -0.1) is 11.3 Å². The zero-order chi connectivity index (χ0) is 23.4. The molecule has 1 aliphatic carbocycles. The van der Waals surface area contributed by atoms with Gasteiger partial charge in [0, 0.05) is 19.7 Å². The Hall–Kier alpha value is -2.82. The van der Waals surface area contributed by atoms with Crippen LogP contribution in [0.2, 0.25) is 0 Å². The summed E-state index contributed by atoms with van der Waals surface area (Å²) in [5.74, 6) is 0.162. The molecule has 2 unspecified atom stereocenters. The van der Waals surface area contributed by atoms with E-state index >= 15 is 0 Å². The monoisotopic (exact) mass is 474 g/mol. The fourth-order valence-electron chi connectivity index (χ4n) is 3.93. The number of aliphatic hydroxyl groups is 1. The Labute approximate surface area is 195 Å². The number of halogens is 1. The summed E-state index contributed by atoms with van der Waals surface area (Å²) in [6, 6.07) is 4.21. The van der Waals surface area contributed by atoms with Gasteiger partial charge in [0.1, 0.15) is 34.6 Å². The van der Waals surface area contributed by atoms with Gasteiger partial charge >= 0.3 is 0 Å². The largest absolute Gasteiger partial charge is 0.485 e. The van der Waals surface area contributed by atoms with E-state index in [-0.39, 0.29) is 5.91 Å². The first kappa shape index (κ1) is 23.3. The van der Waals surface area contributed by atoms with E-state index in [0.717, 1.165) is 18.4 Å².